The second-order valence-electron chi connectivity index (χ2n) is 3.70. The van der Waals surface area contributed by atoms with E-state index in [-0.39, 0.29) is 0 Å². The Morgan fingerprint density at radius 1 is 1.17 bits per heavy atom. The summed E-state index contributed by atoms with van der Waals surface area (Å²) < 4.78 is 41.0. The highest BCUT2D eigenvalue weighted by Gasteiger charge is 2.42. The van der Waals surface area contributed by atoms with Crippen LogP contribution in [0.4, 0.5) is 13.2 Å². The number of fused-ring (bicyclic) bond motifs is 1. The molecule has 1 aromatic carbocycles. The van der Waals surface area contributed by atoms with Crippen LogP contribution in [0.1, 0.15) is 17.2 Å². The third-order valence-electron chi connectivity index (χ3n) is 2.44. The Hall–Kier alpha value is -2.04. The fraction of sp³-hybridized carbons (Fsp3) is 0.154. The minimum atomic E-state index is -4.98. The number of halogens is 3. The monoisotopic (exact) mass is 254 g/mol. The number of allylic oxidation sites excluding steroid dienone is 2. The van der Waals surface area contributed by atoms with Crippen LogP contribution < -0.4 is 0 Å². The van der Waals surface area contributed by atoms with Gasteiger partial charge in [0.25, 0.3) is 0 Å². The first-order valence-corrected chi connectivity index (χ1v) is 5.20. The minimum Gasteiger partial charge on any atom is -0.447 e. The van der Waals surface area contributed by atoms with E-state index < -0.39 is 18.2 Å². The molecule has 5 heteroatoms. The van der Waals surface area contributed by atoms with Crippen LogP contribution >= 0.6 is 0 Å². The van der Waals surface area contributed by atoms with Gasteiger partial charge in [-0.05, 0) is 11.6 Å². The van der Waals surface area contributed by atoms with Crippen molar-refractivity contribution < 1.29 is 22.7 Å². The van der Waals surface area contributed by atoms with Crippen molar-refractivity contribution in [3.63, 3.8) is 0 Å². The van der Waals surface area contributed by atoms with Crippen LogP contribution in [0.5, 0.6) is 0 Å². The second-order valence-corrected chi connectivity index (χ2v) is 3.70. The maximum atomic E-state index is 12.2. The van der Waals surface area contributed by atoms with Crippen LogP contribution in [-0.4, -0.2) is 12.1 Å². The van der Waals surface area contributed by atoms with Crippen LogP contribution in [0.15, 0.2) is 42.5 Å². The van der Waals surface area contributed by atoms with E-state index in [1.54, 1.807) is 42.5 Å². The number of ether oxygens (including phenoxy) is 1. The SMILES string of the molecule is O=C(OC1C=CC=Cc2ccccc21)C(F)(F)F. The normalized spacial score (nSPS) is 18.1. The molecule has 94 valence electrons. The molecule has 18 heavy (non-hydrogen) atoms. The lowest BCUT2D eigenvalue weighted by Crippen LogP contribution is -2.26. The topological polar surface area (TPSA) is 26.3 Å². The van der Waals surface area contributed by atoms with Gasteiger partial charge < -0.3 is 4.74 Å². The predicted octanol–water partition coefficient (Wildman–Crippen LogP) is 3.42. The first kappa shape index (κ1) is 12.4. The van der Waals surface area contributed by atoms with Crippen LogP contribution in [0, 0.1) is 0 Å². The molecule has 0 radical (unpaired) electrons. The molecule has 0 N–H and O–H groups in total. The van der Waals surface area contributed by atoms with E-state index in [2.05, 4.69) is 4.74 Å². The molecule has 0 fully saturated rings. The van der Waals surface area contributed by atoms with Crippen LogP contribution in [0.25, 0.3) is 6.08 Å². The van der Waals surface area contributed by atoms with Crippen molar-refractivity contribution in [2.75, 3.05) is 0 Å². The number of hydrogen-bond donors (Lipinski definition) is 0. The molecule has 0 bridgehead atoms. The molecule has 0 spiro atoms. The Labute approximate surface area is 101 Å². The lowest BCUT2D eigenvalue weighted by Gasteiger charge is -2.16. The smallest absolute Gasteiger partial charge is 0.447 e. The Balaban J connectivity index is 2.28. The average Bonchev–Trinajstić information content (AvgIpc) is 2.51. The van der Waals surface area contributed by atoms with E-state index in [1.165, 1.54) is 6.08 Å². The number of carbonyl (C=O) groups is 1. The number of carbonyl (C=O) groups excluding carboxylic acids is 1. The largest absolute Gasteiger partial charge is 0.490 e. The maximum Gasteiger partial charge on any atom is 0.490 e. The molecule has 1 unspecified atom stereocenters. The fourth-order valence-electron chi connectivity index (χ4n) is 1.63. The molecule has 1 atom stereocenters. The van der Waals surface area contributed by atoms with E-state index in [0.717, 1.165) is 5.56 Å². The van der Waals surface area contributed by atoms with E-state index >= 15 is 0 Å². The number of benzene rings is 1. The highest BCUT2D eigenvalue weighted by Crippen LogP contribution is 2.29. The van der Waals surface area contributed by atoms with Gasteiger partial charge in [0.15, 0.2) is 0 Å². The van der Waals surface area contributed by atoms with Gasteiger partial charge in [-0.1, -0.05) is 42.5 Å². The highest BCUT2D eigenvalue weighted by atomic mass is 19.4. The Morgan fingerprint density at radius 2 is 1.89 bits per heavy atom. The molecule has 0 aromatic heterocycles. The summed E-state index contributed by atoms with van der Waals surface area (Å²) in [5.41, 5.74) is 1.25. The van der Waals surface area contributed by atoms with Crippen molar-refractivity contribution >= 4 is 12.0 Å². The highest BCUT2D eigenvalue weighted by molar-refractivity contribution is 5.76. The van der Waals surface area contributed by atoms with Gasteiger partial charge in [-0.15, -0.1) is 0 Å². The van der Waals surface area contributed by atoms with Crippen LogP contribution in [0.3, 0.4) is 0 Å². The number of esters is 1. The molecule has 0 amide bonds. The molecule has 1 aliphatic carbocycles. The first-order chi connectivity index (χ1) is 8.48. The summed E-state index contributed by atoms with van der Waals surface area (Å²) in [5.74, 6) is -2.19. The molecule has 0 saturated heterocycles. The zero-order valence-electron chi connectivity index (χ0n) is 9.15. The standard InChI is InChI=1S/C13H9F3O2/c14-13(15,16)12(17)18-11-8-4-2-6-9-5-1-3-7-10(9)11/h1-8,11H. The molecule has 0 aliphatic heterocycles. The molecule has 1 aromatic rings. The summed E-state index contributed by atoms with van der Waals surface area (Å²) in [6.45, 7) is 0. The molecular weight excluding hydrogens is 245 g/mol. The quantitative estimate of drug-likeness (QED) is 0.718. The summed E-state index contributed by atoms with van der Waals surface area (Å²) in [7, 11) is 0. The van der Waals surface area contributed by atoms with Crippen molar-refractivity contribution in [1.82, 2.24) is 0 Å². The van der Waals surface area contributed by atoms with Crippen molar-refractivity contribution in [3.05, 3.63) is 53.6 Å². The van der Waals surface area contributed by atoms with E-state index in [1.807, 2.05) is 0 Å². The Morgan fingerprint density at radius 3 is 2.61 bits per heavy atom. The Kier molecular flexibility index (Phi) is 3.23. The average molecular weight is 254 g/mol. The fourth-order valence-corrected chi connectivity index (χ4v) is 1.63. The number of alkyl halides is 3. The van der Waals surface area contributed by atoms with E-state index in [9.17, 15) is 18.0 Å². The summed E-state index contributed by atoms with van der Waals surface area (Å²) in [4.78, 5) is 10.9. The summed E-state index contributed by atoms with van der Waals surface area (Å²) in [6.07, 6.45) is 0.376. The zero-order chi connectivity index (χ0) is 13.2. The van der Waals surface area contributed by atoms with Gasteiger partial charge in [-0.2, -0.15) is 13.2 Å². The Bertz CT molecular complexity index is 515. The third kappa shape index (κ3) is 2.61. The molecule has 0 heterocycles. The second kappa shape index (κ2) is 4.68. The van der Waals surface area contributed by atoms with Crippen molar-refractivity contribution in [2.24, 2.45) is 0 Å². The zero-order valence-corrected chi connectivity index (χ0v) is 9.15. The van der Waals surface area contributed by atoms with Gasteiger partial charge in [0.05, 0.1) is 0 Å². The summed E-state index contributed by atoms with van der Waals surface area (Å²) >= 11 is 0. The van der Waals surface area contributed by atoms with Gasteiger partial charge in [-0.3, -0.25) is 0 Å². The van der Waals surface area contributed by atoms with Gasteiger partial charge in [0.2, 0.25) is 0 Å². The molecular formula is C13H9F3O2. The number of rotatable bonds is 1. The lowest BCUT2D eigenvalue weighted by atomic mass is 10.0. The van der Waals surface area contributed by atoms with Gasteiger partial charge in [-0.25, -0.2) is 4.79 Å². The summed E-state index contributed by atoms with van der Waals surface area (Å²) in [6, 6.07) is 6.81. The third-order valence-corrected chi connectivity index (χ3v) is 2.44. The molecule has 1 aliphatic rings. The predicted molar refractivity (Wildman–Crippen MR) is 59.5 cm³/mol. The van der Waals surface area contributed by atoms with E-state index in [0.29, 0.717) is 5.56 Å². The van der Waals surface area contributed by atoms with Crippen molar-refractivity contribution in [2.45, 2.75) is 12.3 Å². The molecule has 0 saturated carbocycles. The van der Waals surface area contributed by atoms with Gasteiger partial charge in [0, 0.05) is 5.56 Å². The maximum absolute atomic E-state index is 12.2. The summed E-state index contributed by atoms with van der Waals surface area (Å²) in [5, 5.41) is 0. The van der Waals surface area contributed by atoms with Crippen LogP contribution in [-0.2, 0) is 9.53 Å². The minimum absolute atomic E-state index is 0.528. The first-order valence-electron chi connectivity index (χ1n) is 5.20. The van der Waals surface area contributed by atoms with Crippen molar-refractivity contribution in [1.29, 1.82) is 0 Å². The number of hydrogen-bond acceptors (Lipinski definition) is 2. The van der Waals surface area contributed by atoms with Gasteiger partial charge >= 0.3 is 12.1 Å². The van der Waals surface area contributed by atoms with E-state index in [4.69, 9.17) is 0 Å². The van der Waals surface area contributed by atoms with Gasteiger partial charge in [0.1, 0.15) is 6.10 Å². The molecule has 2 nitrogen and oxygen atoms in total. The van der Waals surface area contributed by atoms with Crippen molar-refractivity contribution in [3.8, 4) is 0 Å². The van der Waals surface area contributed by atoms with Crippen LogP contribution in [0.2, 0.25) is 0 Å². The lowest BCUT2D eigenvalue weighted by molar-refractivity contribution is -0.203. The molecule has 2 rings (SSSR count).